The maximum Gasteiger partial charge on any atom is 0.0517 e. The van der Waals surface area contributed by atoms with Crippen molar-refractivity contribution >= 4 is 5.69 Å². The summed E-state index contributed by atoms with van der Waals surface area (Å²) in [5.74, 6) is 1.04. The molecular weight excluding hydrogens is 544 g/mol. The lowest BCUT2D eigenvalue weighted by Gasteiger charge is -2.27. The maximum absolute atomic E-state index is 4.61. The molecule has 0 bridgehead atoms. The Labute approximate surface area is 282 Å². The van der Waals surface area contributed by atoms with Crippen molar-refractivity contribution in [1.82, 2.24) is 0 Å². The minimum absolute atomic E-state index is 0.469. The maximum atomic E-state index is 4.61. The number of para-hydroxylation sites is 1. The van der Waals surface area contributed by atoms with E-state index >= 15 is 0 Å². The van der Waals surface area contributed by atoms with E-state index in [1.165, 1.54) is 145 Å². The Kier molecular flexibility index (Phi) is 35.7. The van der Waals surface area contributed by atoms with Gasteiger partial charge in [-0.3, -0.25) is 0 Å². The zero-order chi connectivity index (χ0) is 33.8. The van der Waals surface area contributed by atoms with E-state index in [-0.39, 0.29) is 0 Å². The second-order valence-corrected chi connectivity index (χ2v) is 12.6. The van der Waals surface area contributed by atoms with Crippen molar-refractivity contribution in [2.45, 2.75) is 170 Å². The Hall–Kier alpha value is -2.48. The molecule has 2 aromatic carbocycles. The zero-order valence-corrected chi connectivity index (χ0v) is 30.9. The molecule has 0 aromatic heterocycles. The van der Waals surface area contributed by atoms with Crippen LogP contribution in [0.1, 0.15) is 174 Å². The number of hydrogen-bond donors (Lipinski definition) is 2. The Morgan fingerprint density at radius 3 is 1.53 bits per heavy atom. The van der Waals surface area contributed by atoms with Crippen LogP contribution < -0.4 is 11.1 Å². The summed E-state index contributed by atoms with van der Waals surface area (Å²) >= 11 is 0. The lowest BCUT2D eigenvalue weighted by Crippen LogP contribution is -2.17. The topological polar surface area (TPSA) is 38.0 Å². The van der Waals surface area contributed by atoms with E-state index in [2.05, 4.69) is 113 Å². The molecule has 3 N–H and O–H groups in total. The number of rotatable bonds is 11. The van der Waals surface area contributed by atoms with Gasteiger partial charge in [-0.25, -0.2) is 0 Å². The first-order valence-corrected chi connectivity index (χ1v) is 18.8. The van der Waals surface area contributed by atoms with Crippen LogP contribution in [0.3, 0.4) is 0 Å². The Morgan fingerprint density at radius 2 is 1.11 bits per heavy atom. The Bertz CT molecular complexity index is 837. The van der Waals surface area contributed by atoms with Crippen LogP contribution >= 0.6 is 0 Å². The smallest absolute Gasteiger partial charge is 0.0517 e. The van der Waals surface area contributed by atoms with Gasteiger partial charge in [0.1, 0.15) is 0 Å². The molecule has 2 aliphatic rings. The van der Waals surface area contributed by atoms with Gasteiger partial charge in [-0.1, -0.05) is 205 Å². The monoisotopic (exact) mass is 621 g/mol. The summed E-state index contributed by atoms with van der Waals surface area (Å²) in [6, 6.07) is 19.7. The fourth-order valence-electron chi connectivity index (χ4n) is 5.42. The second kappa shape index (κ2) is 36.0. The molecule has 2 aromatic rings. The number of benzene rings is 2. The van der Waals surface area contributed by atoms with Gasteiger partial charge in [0.25, 0.3) is 0 Å². The minimum atomic E-state index is 0.469. The van der Waals surface area contributed by atoms with Crippen LogP contribution in [0.4, 0.5) is 5.69 Å². The van der Waals surface area contributed by atoms with E-state index in [1.807, 2.05) is 6.92 Å². The van der Waals surface area contributed by atoms with E-state index < -0.39 is 0 Å². The fourth-order valence-corrected chi connectivity index (χ4v) is 5.42. The average Bonchev–Trinajstić information content (AvgIpc) is 3.06. The van der Waals surface area contributed by atoms with Crippen molar-refractivity contribution in [1.29, 1.82) is 0 Å². The summed E-state index contributed by atoms with van der Waals surface area (Å²) in [5.41, 5.74) is 8.73. The summed E-state index contributed by atoms with van der Waals surface area (Å²) in [6.07, 6.45) is 30.0. The van der Waals surface area contributed by atoms with Crippen molar-refractivity contribution in [3.63, 3.8) is 0 Å². The van der Waals surface area contributed by atoms with Crippen molar-refractivity contribution in [2.75, 3.05) is 5.32 Å². The van der Waals surface area contributed by atoms with E-state index in [0.29, 0.717) is 6.04 Å². The van der Waals surface area contributed by atoms with Crippen LogP contribution in [0.15, 0.2) is 80.0 Å². The molecule has 0 unspecified atom stereocenters. The molecule has 1 fully saturated rings. The highest BCUT2D eigenvalue weighted by Gasteiger charge is 2.18. The van der Waals surface area contributed by atoms with Gasteiger partial charge in [0.2, 0.25) is 0 Å². The van der Waals surface area contributed by atoms with Gasteiger partial charge >= 0.3 is 0 Å². The second-order valence-electron chi connectivity index (χ2n) is 12.6. The molecule has 4 rings (SSSR count). The molecule has 2 nitrogen and oxygen atoms in total. The van der Waals surface area contributed by atoms with Gasteiger partial charge in [-0.2, -0.15) is 0 Å². The third kappa shape index (κ3) is 28.7. The molecular formula is C43H76N2. The third-order valence-corrected chi connectivity index (χ3v) is 7.85. The molecule has 0 radical (unpaired) electrons. The molecule has 2 heteroatoms. The van der Waals surface area contributed by atoms with Gasteiger partial charge in [0, 0.05) is 5.69 Å². The van der Waals surface area contributed by atoms with E-state index in [0.717, 1.165) is 5.92 Å². The first-order chi connectivity index (χ1) is 22.0. The number of hydrogen-bond acceptors (Lipinski definition) is 2. The Balaban J connectivity index is 0. The number of fused-ring (bicyclic) bond motifs is 1. The summed E-state index contributed by atoms with van der Waals surface area (Å²) in [6.45, 7) is 19.6. The van der Waals surface area contributed by atoms with Crippen molar-refractivity contribution in [3.8, 4) is 0 Å². The van der Waals surface area contributed by atoms with Crippen LogP contribution in [0.5, 0.6) is 0 Å². The van der Waals surface area contributed by atoms with Crippen LogP contribution in [0, 0.1) is 5.92 Å². The molecule has 45 heavy (non-hydrogen) atoms. The number of nitrogens with two attached hydrogens (primary N) is 1. The number of aryl methyl sites for hydroxylation is 1. The van der Waals surface area contributed by atoms with Crippen molar-refractivity contribution in [2.24, 2.45) is 11.7 Å². The summed E-state index contributed by atoms with van der Waals surface area (Å²) in [4.78, 5) is 0. The van der Waals surface area contributed by atoms with Crippen LogP contribution in [0.25, 0.3) is 0 Å². The largest absolute Gasteiger partial charge is 0.405 e. The predicted molar refractivity (Wildman–Crippen MR) is 208 cm³/mol. The molecule has 0 spiro atoms. The average molecular weight is 621 g/mol. The highest BCUT2D eigenvalue weighted by molar-refractivity contribution is 5.54. The fraction of sp³-hybridized carbons (Fsp3) is 0.628. The highest BCUT2D eigenvalue weighted by Crippen LogP contribution is 2.32. The lowest BCUT2D eigenvalue weighted by atomic mass is 9.91. The Morgan fingerprint density at radius 1 is 0.689 bits per heavy atom. The molecule has 1 saturated carbocycles. The third-order valence-electron chi connectivity index (χ3n) is 7.85. The molecule has 1 atom stereocenters. The van der Waals surface area contributed by atoms with Crippen LogP contribution in [-0.4, -0.2) is 0 Å². The van der Waals surface area contributed by atoms with E-state index in [1.54, 1.807) is 6.08 Å². The molecule has 0 saturated heterocycles. The summed E-state index contributed by atoms with van der Waals surface area (Å²) in [7, 11) is 0. The van der Waals surface area contributed by atoms with Crippen LogP contribution in [-0.2, 0) is 6.42 Å². The number of allylic oxidation sites excluding steroid dienone is 1. The van der Waals surface area contributed by atoms with E-state index in [4.69, 9.17) is 0 Å². The standard InChI is InChI=1S/C15H15N.C13H28.C7H14.C3H8.C3H6.C2H5N/c1-2-6-12(7-3-1)15-11-10-13-8-4-5-9-14(13)16-15;1-3-5-7-9-11-13-12-10-8-6-4-2;1-7-5-3-2-4-6-7;2*1-3-2;1-2-3/h1-9,15-16H,10-11H2;3-13H2,1-2H3;7H,2-6H2,1H3;3H2,1-2H3;3H,1H2,2H3;2H,1,3H2/t15-;;;;;/m1...../s1. The molecule has 1 aliphatic heterocycles. The first kappa shape index (κ1) is 44.6. The minimum Gasteiger partial charge on any atom is -0.405 e. The zero-order valence-electron chi connectivity index (χ0n) is 30.9. The SMILES string of the molecule is C=CC.C=CN.CC1CCCCC1.CCC.CCCCCCCCCCCCC.c1ccc([C@H]2CCc3ccccc3N2)cc1. The van der Waals surface area contributed by atoms with Gasteiger partial charge in [0.15, 0.2) is 0 Å². The van der Waals surface area contributed by atoms with Gasteiger partial charge in [-0.15, -0.1) is 6.58 Å². The normalized spacial score (nSPS) is 14.6. The predicted octanol–water partition coefficient (Wildman–Crippen LogP) is 14.4. The van der Waals surface area contributed by atoms with Crippen molar-refractivity contribution < 1.29 is 0 Å². The highest BCUT2D eigenvalue weighted by atomic mass is 14.9. The molecule has 1 aliphatic carbocycles. The molecule has 258 valence electrons. The van der Waals surface area contributed by atoms with Gasteiger partial charge < -0.3 is 11.1 Å². The van der Waals surface area contributed by atoms with E-state index in [9.17, 15) is 0 Å². The molecule has 1 heterocycles. The molecule has 0 amide bonds. The summed E-state index contributed by atoms with van der Waals surface area (Å²) in [5, 5.41) is 3.61. The number of nitrogens with one attached hydrogen (secondary N) is 1. The summed E-state index contributed by atoms with van der Waals surface area (Å²) < 4.78 is 0. The number of unbranched alkanes of at least 4 members (excludes halogenated alkanes) is 10. The van der Waals surface area contributed by atoms with Crippen LogP contribution in [0.2, 0.25) is 0 Å². The van der Waals surface area contributed by atoms with Gasteiger partial charge in [0.05, 0.1) is 6.04 Å². The van der Waals surface area contributed by atoms with Crippen molar-refractivity contribution in [3.05, 3.63) is 91.2 Å². The first-order valence-electron chi connectivity index (χ1n) is 18.8. The number of anilines is 1. The van der Waals surface area contributed by atoms with Gasteiger partial charge in [-0.05, 0) is 49.1 Å². The quantitative estimate of drug-likeness (QED) is 0.194. The lowest BCUT2D eigenvalue weighted by molar-refractivity contribution is 0.385.